The molecule has 1 aliphatic rings. The van der Waals surface area contributed by atoms with Crippen molar-refractivity contribution in [3.63, 3.8) is 0 Å². The highest BCUT2D eigenvalue weighted by atomic mass is 35.5. The van der Waals surface area contributed by atoms with Crippen LogP contribution in [0.4, 0.5) is 13.2 Å². The molecule has 11 heteroatoms. The first-order chi connectivity index (χ1) is 16.1. The fraction of sp³-hybridized carbons (Fsp3) is 0.348. The standard InChI is InChI=1S/C23H23ClF3N3O4/c24-17-6-7-19-18(13-17)22(33)29-8-1-10-30(14-20(31)28-9-11-34-19)21(32)12-15-2-4-16(5-3-15)23(25,26)27/h2-7,13H,1,8-12,14H2,(H,28,31)(H,29,33). The Balaban J connectivity index is 1.67. The van der Waals surface area contributed by atoms with E-state index in [0.29, 0.717) is 22.8 Å². The van der Waals surface area contributed by atoms with Crippen molar-refractivity contribution < 1.29 is 32.3 Å². The third-order valence-electron chi connectivity index (χ3n) is 5.08. The number of alkyl halides is 3. The van der Waals surface area contributed by atoms with Crippen LogP contribution in [0.25, 0.3) is 0 Å². The Labute approximate surface area is 199 Å². The molecule has 0 bridgehead atoms. The summed E-state index contributed by atoms with van der Waals surface area (Å²) in [6, 6.07) is 8.96. The summed E-state index contributed by atoms with van der Waals surface area (Å²) in [5, 5.41) is 5.76. The molecule has 0 aromatic heterocycles. The fourth-order valence-corrected chi connectivity index (χ4v) is 3.52. The normalized spacial score (nSPS) is 15.9. The highest BCUT2D eigenvalue weighted by molar-refractivity contribution is 6.31. The molecule has 2 N–H and O–H groups in total. The van der Waals surface area contributed by atoms with Crippen molar-refractivity contribution in [2.24, 2.45) is 0 Å². The lowest BCUT2D eigenvalue weighted by Gasteiger charge is -2.23. The summed E-state index contributed by atoms with van der Waals surface area (Å²) in [5.74, 6) is -0.869. The van der Waals surface area contributed by atoms with Gasteiger partial charge in [-0.1, -0.05) is 23.7 Å². The molecule has 0 atom stereocenters. The molecule has 1 aliphatic heterocycles. The lowest BCUT2D eigenvalue weighted by Crippen LogP contribution is -2.43. The van der Waals surface area contributed by atoms with Crippen molar-refractivity contribution >= 4 is 29.3 Å². The Morgan fingerprint density at radius 2 is 1.79 bits per heavy atom. The zero-order chi connectivity index (χ0) is 24.7. The average molecular weight is 498 g/mol. The molecule has 0 aliphatic carbocycles. The first kappa shape index (κ1) is 25.4. The van der Waals surface area contributed by atoms with Gasteiger partial charge in [-0.05, 0) is 42.3 Å². The number of hydrogen-bond donors (Lipinski definition) is 2. The van der Waals surface area contributed by atoms with E-state index in [1.165, 1.54) is 23.1 Å². The molecule has 0 saturated carbocycles. The van der Waals surface area contributed by atoms with Crippen LogP contribution in [0, 0.1) is 0 Å². The van der Waals surface area contributed by atoms with Gasteiger partial charge in [-0.25, -0.2) is 0 Å². The molecule has 182 valence electrons. The number of carbonyl (C=O) groups excluding carboxylic acids is 3. The van der Waals surface area contributed by atoms with E-state index in [1.807, 2.05) is 0 Å². The highest BCUT2D eigenvalue weighted by Gasteiger charge is 2.30. The third kappa shape index (κ3) is 7.11. The molecule has 0 saturated heterocycles. The number of benzene rings is 2. The summed E-state index contributed by atoms with van der Waals surface area (Å²) < 4.78 is 43.9. The van der Waals surface area contributed by atoms with Gasteiger partial charge in [0.05, 0.1) is 30.6 Å². The molecule has 3 rings (SSSR count). The number of nitrogens with one attached hydrogen (secondary N) is 2. The van der Waals surface area contributed by atoms with Crippen LogP contribution in [0.2, 0.25) is 5.02 Å². The molecular formula is C23H23ClF3N3O4. The summed E-state index contributed by atoms with van der Waals surface area (Å²) in [4.78, 5) is 39.0. The van der Waals surface area contributed by atoms with E-state index in [1.54, 1.807) is 12.1 Å². The van der Waals surface area contributed by atoms with Crippen LogP contribution in [0.5, 0.6) is 5.75 Å². The molecule has 2 aromatic rings. The Hall–Kier alpha value is -3.27. The predicted molar refractivity (Wildman–Crippen MR) is 119 cm³/mol. The molecule has 1 heterocycles. The molecule has 34 heavy (non-hydrogen) atoms. The van der Waals surface area contributed by atoms with E-state index < -0.39 is 23.6 Å². The van der Waals surface area contributed by atoms with Gasteiger partial charge in [0.25, 0.3) is 5.91 Å². The number of fused-ring (bicyclic) bond motifs is 1. The van der Waals surface area contributed by atoms with Gasteiger partial charge in [0.1, 0.15) is 12.4 Å². The minimum atomic E-state index is -4.46. The zero-order valence-electron chi connectivity index (χ0n) is 18.1. The quantitative estimate of drug-likeness (QED) is 0.667. The number of hydrogen-bond acceptors (Lipinski definition) is 4. The smallest absolute Gasteiger partial charge is 0.416 e. The summed E-state index contributed by atoms with van der Waals surface area (Å²) in [5.41, 5.74) is -0.152. The summed E-state index contributed by atoms with van der Waals surface area (Å²) >= 11 is 5.99. The number of halogens is 4. The maximum Gasteiger partial charge on any atom is 0.416 e. The summed E-state index contributed by atoms with van der Waals surface area (Å²) in [7, 11) is 0. The van der Waals surface area contributed by atoms with Crippen molar-refractivity contribution in [3.05, 3.63) is 64.2 Å². The lowest BCUT2D eigenvalue weighted by molar-refractivity contribution is -0.137. The van der Waals surface area contributed by atoms with Crippen LogP contribution in [0.15, 0.2) is 42.5 Å². The summed E-state index contributed by atoms with van der Waals surface area (Å²) in [6.45, 7) is 0.402. The number of carbonyl (C=O) groups is 3. The van der Waals surface area contributed by atoms with E-state index in [-0.39, 0.29) is 50.7 Å². The van der Waals surface area contributed by atoms with Gasteiger partial charge < -0.3 is 20.3 Å². The summed E-state index contributed by atoms with van der Waals surface area (Å²) in [6.07, 6.45) is -4.27. The van der Waals surface area contributed by atoms with E-state index in [9.17, 15) is 27.6 Å². The van der Waals surface area contributed by atoms with Crippen molar-refractivity contribution in [1.82, 2.24) is 15.5 Å². The van der Waals surface area contributed by atoms with Crippen LogP contribution in [-0.2, 0) is 22.2 Å². The second kappa shape index (κ2) is 11.2. The van der Waals surface area contributed by atoms with Crippen molar-refractivity contribution in [3.8, 4) is 5.75 Å². The van der Waals surface area contributed by atoms with E-state index in [4.69, 9.17) is 16.3 Å². The first-order valence-corrected chi connectivity index (χ1v) is 10.9. The minimum Gasteiger partial charge on any atom is -0.491 e. The number of ether oxygens (including phenoxy) is 1. The molecule has 7 nitrogen and oxygen atoms in total. The van der Waals surface area contributed by atoms with Crippen LogP contribution in [0.3, 0.4) is 0 Å². The second-order valence-electron chi connectivity index (χ2n) is 7.64. The van der Waals surface area contributed by atoms with Gasteiger partial charge in [-0.2, -0.15) is 13.2 Å². The molecule has 0 fully saturated rings. The molecule has 2 aromatic carbocycles. The number of nitrogens with zero attached hydrogens (tertiary/aromatic N) is 1. The highest BCUT2D eigenvalue weighted by Crippen LogP contribution is 2.29. The van der Waals surface area contributed by atoms with Crippen LogP contribution in [-0.4, -0.2) is 55.4 Å². The minimum absolute atomic E-state index is 0.0904. The molecule has 0 radical (unpaired) electrons. The van der Waals surface area contributed by atoms with Crippen LogP contribution < -0.4 is 15.4 Å². The van der Waals surface area contributed by atoms with Gasteiger partial charge >= 0.3 is 6.18 Å². The monoisotopic (exact) mass is 497 g/mol. The molecular weight excluding hydrogens is 475 g/mol. The fourth-order valence-electron chi connectivity index (χ4n) is 3.34. The lowest BCUT2D eigenvalue weighted by atomic mass is 10.1. The van der Waals surface area contributed by atoms with E-state index in [2.05, 4.69) is 10.6 Å². The Kier molecular flexibility index (Phi) is 8.38. The SMILES string of the molecule is O=C1CN(C(=O)Cc2ccc(C(F)(F)F)cc2)CCCNC(=O)c2cc(Cl)ccc2OCCN1. The van der Waals surface area contributed by atoms with Crippen LogP contribution >= 0.6 is 11.6 Å². The Morgan fingerprint density at radius 3 is 2.50 bits per heavy atom. The molecule has 0 spiro atoms. The van der Waals surface area contributed by atoms with Crippen LogP contribution in [0.1, 0.15) is 27.9 Å². The molecule has 0 unspecified atom stereocenters. The average Bonchev–Trinajstić information content (AvgIpc) is 2.78. The van der Waals surface area contributed by atoms with Gasteiger partial charge in [-0.3, -0.25) is 14.4 Å². The third-order valence-corrected chi connectivity index (χ3v) is 5.32. The van der Waals surface area contributed by atoms with Crippen molar-refractivity contribution in [1.29, 1.82) is 0 Å². The molecule has 3 amide bonds. The van der Waals surface area contributed by atoms with Crippen molar-refractivity contribution in [2.45, 2.75) is 19.0 Å². The van der Waals surface area contributed by atoms with Gasteiger partial charge in [-0.15, -0.1) is 0 Å². The predicted octanol–water partition coefficient (Wildman–Crippen LogP) is 3.06. The maximum atomic E-state index is 12.8. The maximum absolute atomic E-state index is 12.8. The van der Waals surface area contributed by atoms with Crippen molar-refractivity contribution in [2.75, 3.05) is 32.8 Å². The topological polar surface area (TPSA) is 87.7 Å². The van der Waals surface area contributed by atoms with E-state index in [0.717, 1.165) is 12.1 Å². The van der Waals surface area contributed by atoms with Gasteiger partial charge in [0, 0.05) is 18.1 Å². The number of rotatable bonds is 2. The largest absolute Gasteiger partial charge is 0.491 e. The Bertz CT molecular complexity index is 1040. The van der Waals surface area contributed by atoms with E-state index >= 15 is 0 Å². The first-order valence-electron chi connectivity index (χ1n) is 10.5. The second-order valence-corrected chi connectivity index (χ2v) is 8.07. The Morgan fingerprint density at radius 1 is 1.06 bits per heavy atom. The van der Waals surface area contributed by atoms with Gasteiger partial charge in [0.15, 0.2) is 0 Å². The number of amides is 3. The zero-order valence-corrected chi connectivity index (χ0v) is 18.8. The van der Waals surface area contributed by atoms with Gasteiger partial charge in [0.2, 0.25) is 11.8 Å².